The first-order chi connectivity index (χ1) is 13.5. The average Bonchev–Trinajstić information content (AvgIpc) is 2.96. The van der Waals surface area contributed by atoms with E-state index >= 15 is 0 Å². The van der Waals surface area contributed by atoms with Crippen LogP contribution in [0.3, 0.4) is 0 Å². The topological polar surface area (TPSA) is 88.5 Å². The molecule has 0 saturated heterocycles. The molecule has 1 aromatic heterocycles. The zero-order valence-electron chi connectivity index (χ0n) is 17.0. The standard InChI is InChI=1S/C23H34N2O3/c1-2-3-4-5-6-7-8-9-10-11-13-19-17-21(26)25(23(19)28)20-15-12-14-18(16-20)22(24)27/h12,14-17,26,28H,2-11,13H2,1H3,(H2,24,27). The van der Waals surface area contributed by atoms with Crippen molar-refractivity contribution in [3.63, 3.8) is 0 Å². The summed E-state index contributed by atoms with van der Waals surface area (Å²) >= 11 is 0. The number of nitrogens with zero attached hydrogens (tertiary/aromatic N) is 1. The fourth-order valence-corrected chi connectivity index (χ4v) is 3.58. The molecule has 0 unspecified atom stereocenters. The molecule has 4 N–H and O–H groups in total. The number of hydrogen-bond acceptors (Lipinski definition) is 3. The van der Waals surface area contributed by atoms with Gasteiger partial charge in [-0.2, -0.15) is 0 Å². The number of carbonyl (C=O) groups is 1. The number of amides is 1. The van der Waals surface area contributed by atoms with Crippen molar-refractivity contribution in [3.05, 3.63) is 41.5 Å². The summed E-state index contributed by atoms with van der Waals surface area (Å²) < 4.78 is 1.35. The van der Waals surface area contributed by atoms with E-state index in [2.05, 4.69) is 6.92 Å². The lowest BCUT2D eigenvalue weighted by atomic mass is 10.0. The summed E-state index contributed by atoms with van der Waals surface area (Å²) in [7, 11) is 0. The number of rotatable bonds is 13. The van der Waals surface area contributed by atoms with E-state index in [0.29, 0.717) is 11.3 Å². The second-order valence-corrected chi connectivity index (χ2v) is 7.53. The highest BCUT2D eigenvalue weighted by atomic mass is 16.3. The van der Waals surface area contributed by atoms with Gasteiger partial charge < -0.3 is 15.9 Å². The van der Waals surface area contributed by atoms with Gasteiger partial charge in [0.25, 0.3) is 0 Å². The molecule has 1 heterocycles. The third-order valence-corrected chi connectivity index (χ3v) is 5.22. The number of nitrogens with two attached hydrogens (primary N) is 1. The minimum atomic E-state index is -0.543. The lowest BCUT2D eigenvalue weighted by molar-refractivity contribution is 0.1000. The van der Waals surface area contributed by atoms with Crippen molar-refractivity contribution in [2.45, 2.75) is 77.6 Å². The number of carbonyl (C=O) groups excluding carboxylic acids is 1. The zero-order chi connectivity index (χ0) is 20.4. The highest BCUT2D eigenvalue weighted by molar-refractivity contribution is 5.93. The molecule has 28 heavy (non-hydrogen) atoms. The Morgan fingerprint density at radius 2 is 1.54 bits per heavy atom. The Labute approximate surface area is 168 Å². The Bertz CT molecular complexity index is 752. The summed E-state index contributed by atoms with van der Waals surface area (Å²) in [5, 5.41) is 20.8. The fraction of sp³-hybridized carbons (Fsp3) is 0.522. The SMILES string of the molecule is CCCCCCCCCCCCc1cc(O)n(-c2cccc(C(N)=O)c2)c1O. The van der Waals surface area contributed by atoms with E-state index in [9.17, 15) is 15.0 Å². The van der Waals surface area contributed by atoms with Crippen molar-refractivity contribution in [1.82, 2.24) is 4.57 Å². The van der Waals surface area contributed by atoms with Gasteiger partial charge in [-0.1, -0.05) is 70.8 Å². The summed E-state index contributed by atoms with van der Waals surface area (Å²) in [4.78, 5) is 11.4. The van der Waals surface area contributed by atoms with Crippen LogP contribution in [-0.4, -0.2) is 20.7 Å². The molecular formula is C23H34N2O3. The van der Waals surface area contributed by atoms with Crippen molar-refractivity contribution in [2.24, 2.45) is 5.73 Å². The zero-order valence-corrected chi connectivity index (χ0v) is 17.0. The molecule has 2 aromatic rings. The maximum atomic E-state index is 11.4. The second-order valence-electron chi connectivity index (χ2n) is 7.53. The summed E-state index contributed by atoms with van der Waals surface area (Å²) in [6.45, 7) is 2.24. The number of aromatic nitrogens is 1. The van der Waals surface area contributed by atoms with Crippen LogP contribution in [0.2, 0.25) is 0 Å². The van der Waals surface area contributed by atoms with Crippen LogP contribution < -0.4 is 5.73 Å². The molecule has 154 valence electrons. The molecule has 0 aliphatic rings. The first kappa shape index (κ1) is 21.9. The Balaban J connectivity index is 1.81. The molecule has 0 aliphatic heterocycles. The van der Waals surface area contributed by atoms with Crippen LogP contribution >= 0.6 is 0 Å². The van der Waals surface area contributed by atoms with Gasteiger partial charge in [-0.3, -0.25) is 9.36 Å². The second kappa shape index (κ2) is 11.4. The van der Waals surface area contributed by atoms with E-state index < -0.39 is 5.91 Å². The van der Waals surface area contributed by atoms with Crippen LogP contribution in [0.5, 0.6) is 11.8 Å². The average molecular weight is 387 g/mol. The third kappa shape index (κ3) is 6.32. The Hall–Kier alpha value is -2.43. The molecule has 1 aromatic carbocycles. The molecule has 5 heteroatoms. The van der Waals surface area contributed by atoms with Crippen LogP contribution in [0.15, 0.2) is 30.3 Å². The van der Waals surface area contributed by atoms with Crippen LogP contribution in [0.25, 0.3) is 5.69 Å². The van der Waals surface area contributed by atoms with Gasteiger partial charge in [-0.15, -0.1) is 0 Å². The van der Waals surface area contributed by atoms with E-state index in [-0.39, 0.29) is 11.8 Å². The molecule has 1 amide bonds. The number of primary amides is 1. The predicted octanol–water partition coefficient (Wildman–Crippen LogP) is 5.45. The Morgan fingerprint density at radius 3 is 2.14 bits per heavy atom. The maximum absolute atomic E-state index is 11.4. The van der Waals surface area contributed by atoms with E-state index in [0.717, 1.165) is 24.8 Å². The van der Waals surface area contributed by atoms with Gasteiger partial charge in [0.05, 0.1) is 5.69 Å². The molecule has 5 nitrogen and oxygen atoms in total. The largest absolute Gasteiger partial charge is 0.494 e. The van der Waals surface area contributed by atoms with Crippen LogP contribution in [0, 0.1) is 0 Å². The number of aromatic hydroxyl groups is 2. The number of hydrogen-bond donors (Lipinski definition) is 3. The highest BCUT2D eigenvalue weighted by Crippen LogP contribution is 2.33. The summed E-state index contributed by atoms with van der Waals surface area (Å²) in [6, 6.07) is 8.16. The van der Waals surface area contributed by atoms with Crippen molar-refractivity contribution in [1.29, 1.82) is 0 Å². The minimum absolute atomic E-state index is 0.0232. The van der Waals surface area contributed by atoms with E-state index in [4.69, 9.17) is 5.73 Å². The van der Waals surface area contributed by atoms with Crippen molar-refractivity contribution in [3.8, 4) is 17.4 Å². The van der Waals surface area contributed by atoms with Gasteiger partial charge in [0, 0.05) is 17.2 Å². The quantitative estimate of drug-likeness (QED) is 0.400. The lowest BCUT2D eigenvalue weighted by Gasteiger charge is -2.08. The van der Waals surface area contributed by atoms with Crippen molar-refractivity contribution < 1.29 is 15.0 Å². The summed E-state index contributed by atoms with van der Waals surface area (Å²) in [5.74, 6) is -0.560. The molecule has 0 bridgehead atoms. The van der Waals surface area contributed by atoms with Gasteiger partial charge in [-0.25, -0.2) is 0 Å². The van der Waals surface area contributed by atoms with Crippen LogP contribution in [0.1, 0.15) is 87.1 Å². The smallest absolute Gasteiger partial charge is 0.248 e. The number of aryl methyl sites for hydroxylation is 1. The number of unbranched alkanes of at least 4 members (excludes halogenated alkanes) is 9. The van der Waals surface area contributed by atoms with Crippen molar-refractivity contribution >= 4 is 5.91 Å². The van der Waals surface area contributed by atoms with E-state index in [1.54, 1.807) is 30.3 Å². The number of benzene rings is 1. The molecule has 0 radical (unpaired) electrons. The first-order valence-corrected chi connectivity index (χ1v) is 10.6. The highest BCUT2D eigenvalue weighted by Gasteiger charge is 2.16. The third-order valence-electron chi connectivity index (χ3n) is 5.22. The predicted molar refractivity (Wildman–Crippen MR) is 113 cm³/mol. The molecular weight excluding hydrogens is 352 g/mol. The monoisotopic (exact) mass is 386 g/mol. The first-order valence-electron chi connectivity index (χ1n) is 10.6. The van der Waals surface area contributed by atoms with Gasteiger partial charge in [0.15, 0.2) is 5.88 Å². The van der Waals surface area contributed by atoms with Gasteiger partial charge in [0.1, 0.15) is 0 Å². The molecule has 0 saturated carbocycles. The minimum Gasteiger partial charge on any atom is -0.494 e. The van der Waals surface area contributed by atoms with Crippen LogP contribution in [0.4, 0.5) is 0 Å². The molecule has 0 aliphatic carbocycles. The lowest BCUT2D eigenvalue weighted by Crippen LogP contribution is -2.11. The molecule has 2 rings (SSSR count). The summed E-state index contributed by atoms with van der Waals surface area (Å²) in [5.41, 5.74) is 6.89. The van der Waals surface area contributed by atoms with Crippen molar-refractivity contribution in [2.75, 3.05) is 0 Å². The van der Waals surface area contributed by atoms with Gasteiger partial charge in [0.2, 0.25) is 11.8 Å². The van der Waals surface area contributed by atoms with E-state index in [1.165, 1.54) is 55.9 Å². The summed E-state index contributed by atoms with van der Waals surface area (Å²) in [6.07, 6.45) is 13.3. The maximum Gasteiger partial charge on any atom is 0.248 e. The Morgan fingerprint density at radius 1 is 0.929 bits per heavy atom. The van der Waals surface area contributed by atoms with Gasteiger partial charge >= 0.3 is 0 Å². The molecule has 0 fully saturated rings. The van der Waals surface area contributed by atoms with Gasteiger partial charge in [-0.05, 0) is 31.0 Å². The van der Waals surface area contributed by atoms with E-state index in [1.807, 2.05) is 0 Å². The molecule has 0 atom stereocenters. The van der Waals surface area contributed by atoms with Crippen LogP contribution in [-0.2, 0) is 6.42 Å². The normalized spacial score (nSPS) is 11.0. The Kier molecular flexibility index (Phi) is 8.92. The fourth-order valence-electron chi connectivity index (χ4n) is 3.58. The molecule has 0 spiro atoms.